The van der Waals surface area contributed by atoms with Gasteiger partial charge in [0.2, 0.25) is 10.0 Å². The average Bonchev–Trinajstić information content (AvgIpc) is 2.60. The minimum atomic E-state index is -3.18. The lowest BCUT2D eigenvalue weighted by atomic mass is 9.86. The van der Waals surface area contributed by atoms with E-state index >= 15 is 0 Å². The number of nitrogens with zero attached hydrogens (tertiary/aromatic N) is 1. The Labute approximate surface area is 172 Å². The molecule has 0 amide bonds. The number of Topliss-reactive ketones (excluding diaryl/α,β-unsaturated/α-hetero) is 2. The number of piperidine rings is 1. The van der Waals surface area contributed by atoms with E-state index in [1.165, 1.54) is 17.5 Å². The predicted molar refractivity (Wildman–Crippen MR) is 109 cm³/mol. The highest BCUT2D eigenvalue weighted by Gasteiger charge is 2.27. The van der Waals surface area contributed by atoms with Gasteiger partial charge in [0.05, 0.1) is 11.3 Å². The summed E-state index contributed by atoms with van der Waals surface area (Å²) in [6, 6.07) is 4.89. The Morgan fingerprint density at radius 2 is 1.86 bits per heavy atom. The molecule has 0 spiro atoms. The fourth-order valence-corrected chi connectivity index (χ4v) is 4.50. The zero-order valence-corrected chi connectivity index (χ0v) is 18.3. The molecule has 28 heavy (non-hydrogen) atoms. The molecule has 0 aliphatic carbocycles. The van der Waals surface area contributed by atoms with Gasteiger partial charge in [-0.3, -0.25) is 9.59 Å². The molecule has 0 radical (unpaired) electrons. The number of hydrogen-bond acceptors (Lipinski definition) is 5. The molecule has 0 aromatic heterocycles. The molecule has 1 saturated heterocycles. The standard InChI is InChI=1S/C20H28ClNO5S/c1-13(2)17(14(3)23)12-19(24)15-5-6-20(18(21)11-15)27-16-7-9-22(10-8-16)28(4,25)26/h5-6,11,13,16-17H,7-10,12H2,1-4H3. The summed E-state index contributed by atoms with van der Waals surface area (Å²) in [5.41, 5.74) is 0.455. The maximum Gasteiger partial charge on any atom is 0.211 e. The Kier molecular flexibility index (Phi) is 7.65. The van der Waals surface area contributed by atoms with E-state index in [0.29, 0.717) is 42.3 Å². The third-order valence-corrected chi connectivity index (χ3v) is 6.75. The van der Waals surface area contributed by atoms with Gasteiger partial charge in [0.1, 0.15) is 17.6 Å². The minimum absolute atomic E-state index is 0.00911. The van der Waals surface area contributed by atoms with Crippen molar-refractivity contribution in [1.82, 2.24) is 4.31 Å². The van der Waals surface area contributed by atoms with Crippen molar-refractivity contribution in [3.63, 3.8) is 0 Å². The van der Waals surface area contributed by atoms with Crippen LogP contribution in [0.1, 0.15) is 50.4 Å². The van der Waals surface area contributed by atoms with Crippen LogP contribution in [0, 0.1) is 11.8 Å². The molecule has 1 atom stereocenters. The molecule has 1 fully saturated rings. The molecule has 0 saturated carbocycles. The zero-order valence-electron chi connectivity index (χ0n) is 16.8. The van der Waals surface area contributed by atoms with Gasteiger partial charge in [0.15, 0.2) is 5.78 Å². The lowest BCUT2D eigenvalue weighted by molar-refractivity contribution is -0.121. The molecule has 156 valence electrons. The first-order valence-corrected chi connectivity index (χ1v) is 11.7. The van der Waals surface area contributed by atoms with Crippen molar-refractivity contribution in [1.29, 1.82) is 0 Å². The molecule has 8 heteroatoms. The van der Waals surface area contributed by atoms with Crippen LogP contribution in [0.25, 0.3) is 0 Å². The van der Waals surface area contributed by atoms with E-state index in [1.807, 2.05) is 13.8 Å². The number of ketones is 2. The second-order valence-corrected chi connectivity index (χ2v) is 10.1. The molecule has 1 heterocycles. The van der Waals surface area contributed by atoms with E-state index in [9.17, 15) is 18.0 Å². The van der Waals surface area contributed by atoms with E-state index < -0.39 is 10.0 Å². The highest BCUT2D eigenvalue weighted by molar-refractivity contribution is 7.88. The van der Waals surface area contributed by atoms with E-state index in [1.54, 1.807) is 18.2 Å². The summed E-state index contributed by atoms with van der Waals surface area (Å²) in [6.07, 6.45) is 2.40. The number of carbonyl (C=O) groups is 2. The summed E-state index contributed by atoms with van der Waals surface area (Å²) in [5.74, 6) is 0.154. The van der Waals surface area contributed by atoms with Crippen LogP contribution >= 0.6 is 11.6 Å². The molecule has 0 N–H and O–H groups in total. The fourth-order valence-electron chi connectivity index (χ4n) is 3.40. The number of sulfonamides is 1. The zero-order chi connectivity index (χ0) is 21.1. The fraction of sp³-hybridized carbons (Fsp3) is 0.600. The molecule has 1 aliphatic rings. The van der Waals surface area contributed by atoms with Gasteiger partial charge in [-0.2, -0.15) is 0 Å². The number of carbonyl (C=O) groups excluding carboxylic acids is 2. The number of rotatable bonds is 8. The van der Waals surface area contributed by atoms with Crippen molar-refractivity contribution < 1.29 is 22.7 Å². The van der Waals surface area contributed by atoms with E-state index in [2.05, 4.69) is 0 Å². The molecule has 1 aliphatic heterocycles. The van der Waals surface area contributed by atoms with Crippen LogP contribution in [0.5, 0.6) is 5.75 Å². The van der Waals surface area contributed by atoms with Crippen LogP contribution in [0.3, 0.4) is 0 Å². The summed E-state index contributed by atoms with van der Waals surface area (Å²) in [6.45, 7) is 6.20. The Hall–Kier alpha value is -1.44. The van der Waals surface area contributed by atoms with Gasteiger partial charge >= 0.3 is 0 Å². The third-order valence-electron chi connectivity index (χ3n) is 5.15. The van der Waals surface area contributed by atoms with Crippen molar-refractivity contribution in [2.45, 2.75) is 46.1 Å². The van der Waals surface area contributed by atoms with Gasteiger partial charge in [0.25, 0.3) is 0 Å². The maximum atomic E-state index is 12.5. The maximum absolute atomic E-state index is 12.5. The minimum Gasteiger partial charge on any atom is -0.489 e. The Morgan fingerprint density at radius 3 is 2.32 bits per heavy atom. The van der Waals surface area contributed by atoms with Crippen molar-refractivity contribution in [2.75, 3.05) is 19.3 Å². The van der Waals surface area contributed by atoms with Gasteiger partial charge in [0, 0.05) is 31.0 Å². The molecule has 0 bridgehead atoms. The monoisotopic (exact) mass is 429 g/mol. The third kappa shape index (κ3) is 6.03. The first-order valence-electron chi connectivity index (χ1n) is 9.44. The Balaban J connectivity index is 2.01. The van der Waals surface area contributed by atoms with Crippen LogP contribution in [-0.2, 0) is 14.8 Å². The lowest BCUT2D eigenvalue weighted by Crippen LogP contribution is -2.41. The van der Waals surface area contributed by atoms with Crippen LogP contribution < -0.4 is 4.74 Å². The molecule has 2 rings (SSSR count). The van der Waals surface area contributed by atoms with Gasteiger partial charge in [-0.25, -0.2) is 12.7 Å². The summed E-state index contributed by atoms with van der Waals surface area (Å²) in [4.78, 5) is 24.3. The van der Waals surface area contributed by atoms with E-state index in [0.717, 1.165) is 0 Å². The molecular formula is C20H28ClNO5S. The highest BCUT2D eigenvalue weighted by Crippen LogP contribution is 2.30. The second-order valence-electron chi connectivity index (χ2n) is 7.71. The van der Waals surface area contributed by atoms with Crippen LogP contribution in [0.4, 0.5) is 0 Å². The van der Waals surface area contributed by atoms with E-state index in [4.69, 9.17) is 16.3 Å². The number of hydrogen-bond donors (Lipinski definition) is 0. The Bertz CT molecular complexity index is 829. The quantitative estimate of drug-likeness (QED) is 0.590. The topological polar surface area (TPSA) is 80.8 Å². The number of halogens is 1. The molecule has 6 nitrogen and oxygen atoms in total. The summed E-state index contributed by atoms with van der Waals surface area (Å²) < 4.78 is 30.5. The lowest BCUT2D eigenvalue weighted by Gasteiger charge is -2.30. The first-order chi connectivity index (χ1) is 13.0. The summed E-state index contributed by atoms with van der Waals surface area (Å²) >= 11 is 6.31. The predicted octanol–water partition coefficient (Wildman–Crippen LogP) is 3.58. The largest absolute Gasteiger partial charge is 0.489 e. The molecule has 1 unspecified atom stereocenters. The summed E-state index contributed by atoms with van der Waals surface area (Å²) in [7, 11) is -3.18. The SMILES string of the molecule is CC(=O)C(CC(=O)c1ccc(OC2CCN(S(C)(=O)=O)CC2)c(Cl)c1)C(C)C. The van der Waals surface area contributed by atoms with Gasteiger partial charge in [-0.15, -0.1) is 0 Å². The molecule has 1 aromatic carbocycles. The van der Waals surface area contributed by atoms with Crippen molar-refractivity contribution in [2.24, 2.45) is 11.8 Å². The van der Waals surface area contributed by atoms with Crippen LogP contribution in [0.2, 0.25) is 5.02 Å². The molecule has 1 aromatic rings. The van der Waals surface area contributed by atoms with Crippen molar-refractivity contribution in [3.8, 4) is 5.75 Å². The van der Waals surface area contributed by atoms with Crippen molar-refractivity contribution in [3.05, 3.63) is 28.8 Å². The summed E-state index contributed by atoms with van der Waals surface area (Å²) in [5, 5.41) is 0.334. The number of ether oxygens (including phenoxy) is 1. The Morgan fingerprint density at radius 1 is 1.25 bits per heavy atom. The van der Waals surface area contributed by atoms with Gasteiger partial charge in [-0.05, 0) is 43.9 Å². The normalized spacial score (nSPS) is 17.5. The average molecular weight is 430 g/mol. The molecular weight excluding hydrogens is 402 g/mol. The smallest absolute Gasteiger partial charge is 0.211 e. The first kappa shape index (κ1) is 22.8. The van der Waals surface area contributed by atoms with Crippen molar-refractivity contribution >= 4 is 33.2 Å². The number of benzene rings is 1. The second kappa shape index (κ2) is 9.37. The van der Waals surface area contributed by atoms with Gasteiger partial charge < -0.3 is 4.74 Å². The van der Waals surface area contributed by atoms with Crippen LogP contribution in [0.15, 0.2) is 18.2 Å². The highest BCUT2D eigenvalue weighted by atomic mass is 35.5. The van der Waals surface area contributed by atoms with E-state index in [-0.39, 0.29) is 35.9 Å². The van der Waals surface area contributed by atoms with Crippen LogP contribution in [-0.4, -0.2) is 49.7 Å². The van der Waals surface area contributed by atoms with Gasteiger partial charge in [-0.1, -0.05) is 25.4 Å².